The third kappa shape index (κ3) is 3.87. The number of carbonyl (C=O) groups is 1. The molecule has 0 saturated carbocycles. The number of thiazole rings is 1. The van der Waals surface area contributed by atoms with E-state index in [4.69, 9.17) is 4.98 Å². The van der Waals surface area contributed by atoms with E-state index < -0.39 is 0 Å². The quantitative estimate of drug-likeness (QED) is 0.409. The fourth-order valence-electron chi connectivity index (χ4n) is 3.67. The number of aromatic nitrogens is 3. The highest BCUT2D eigenvalue weighted by Crippen LogP contribution is 2.33. The van der Waals surface area contributed by atoms with E-state index in [1.807, 2.05) is 57.2 Å². The molecule has 2 aromatic carbocycles. The van der Waals surface area contributed by atoms with Crippen LogP contribution in [0.2, 0.25) is 0 Å². The summed E-state index contributed by atoms with van der Waals surface area (Å²) in [4.78, 5) is 20.4. The second-order valence-electron chi connectivity index (χ2n) is 8.01. The van der Waals surface area contributed by atoms with Crippen LogP contribution in [-0.2, 0) is 6.54 Å². The number of anilines is 1. The largest absolute Gasteiger partial charge is 0.278 e. The highest BCUT2D eigenvalue weighted by molar-refractivity contribution is 7.22. The van der Waals surface area contributed by atoms with E-state index in [0.29, 0.717) is 17.4 Å². The Morgan fingerprint density at radius 2 is 1.83 bits per heavy atom. The summed E-state index contributed by atoms with van der Waals surface area (Å²) in [5.41, 5.74) is 5.77. The number of carbonyl (C=O) groups excluding carboxylic acids is 1. The second kappa shape index (κ2) is 8.03. The zero-order valence-corrected chi connectivity index (χ0v) is 18.8. The van der Waals surface area contributed by atoms with E-state index in [1.165, 1.54) is 5.56 Å². The van der Waals surface area contributed by atoms with Crippen LogP contribution >= 0.6 is 11.3 Å². The van der Waals surface area contributed by atoms with Crippen molar-refractivity contribution in [2.45, 2.75) is 47.2 Å². The van der Waals surface area contributed by atoms with E-state index in [2.05, 4.69) is 31.1 Å². The van der Waals surface area contributed by atoms with Gasteiger partial charge in [0.1, 0.15) is 5.69 Å². The molecule has 5 nitrogen and oxygen atoms in total. The van der Waals surface area contributed by atoms with Crippen molar-refractivity contribution in [1.82, 2.24) is 14.8 Å². The minimum absolute atomic E-state index is 0.0819. The van der Waals surface area contributed by atoms with Crippen LogP contribution < -0.4 is 4.90 Å². The second-order valence-corrected chi connectivity index (χ2v) is 9.02. The number of rotatable bonds is 5. The van der Waals surface area contributed by atoms with E-state index in [9.17, 15) is 4.79 Å². The van der Waals surface area contributed by atoms with Crippen LogP contribution in [0.25, 0.3) is 10.2 Å². The SMILES string of the molecule is Cc1cc(C)c2nc(N(Cc3ccccc3)C(=O)c3cc(C)nn3C(C)C)sc2c1. The zero-order chi connectivity index (χ0) is 21.4. The van der Waals surface area contributed by atoms with Gasteiger partial charge in [0, 0.05) is 6.04 Å². The fraction of sp³-hybridized carbons (Fsp3) is 0.292. The Balaban J connectivity index is 1.83. The Morgan fingerprint density at radius 1 is 1.10 bits per heavy atom. The Kier molecular flexibility index (Phi) is 5.43. The van der Waals surface area contributed by atoms with Gasteiger partial charge in [0.25, 0.3) is 5.91 Å². The first-order valence-corrected chi connectivity index (χ1v) is 10.9. The third-order valence-electron chi connectivity index (χ3n) is 5.04. The van der Waals surface area contributed by atoms with Crippen molar-refractivity contribution in [2.75, 3.05) is 4.90 Å². The predicted octanol–water partition coefficient (Wildman–Crippen LogP) is 5.85. The molecule has 2 heterocycles. The molecule has 0 radical (unpaired) electrons. The number of nitrogens with zero attached hydrogens (tertiary/aromatic N) is 4. The lowest BCUT2D eigenvalue weighted by Crippen LogP contribution is -2.32. The topological polar surface area (TPSA) is 51.0 Å². The van der Waals surface area contributed by atoms with Crippen molar-refractivity contribution >= 4 is 32.6 Å². The Morgan fingerprint density at radius 3 is 2.53 bits per heavy atom. The van der Waals surface area contributed by atoms with Gasteiger partial charge in [-0.2, -0.15) is 5.10 Å². The highest BCUT2D eigenvalue weighted by atomic mass is 32.1. The molecule has 0 unspecified atom stereocenters. The third-order valence-corrected chi connectivity index (χ3v) is 6.07. The molecule has 6 heteroatoms. The van der Waals surface area contributed by atoms with Crippen molar-refractivity contribution in [2.24, 2.45) is 0 Å². The number of hydrogen-bond donors (Lipinski definition) is 0. The van der Waals surface area contributed by atoms with Gasteiger partial charge in [0.2, 0.25) is 0 Å². The summed E-state index contributed by atoms with van der Waals surface area (Å²) in [7, 11) is 0. The molecule has 30 heavy (non-hydrogen) atoms. The minimum atomic E-state index is -0.0819. The summed E-state index contributed by atoms with van der Waals surface area (Å²) >= 11 is 1.56. The average molecular weight is 419 g/mol. The predicted molar refractivity (Wildman–Crippen MR) is 123 cm³/mol. The molecule has 0 fully saturated rings. The smallest absolute Gasteiger partial charge is 0.278 e. The molecular formula is C24H26N4OS. The van der Waals surface area contributed by atoms with Crippen molar-refractivity contribution in [1.29, 1.82) is 0 Å². The van der Waals surface area contributed by atoms with Gasteiger partial charge in [-0.1, -0.05) is 47.7 Å². The van der Waals surface area contributed by atoms with Crippen molar-refractivity contribution < 1.29 is 4.79 Å². The first-order valence-electron chi connectivity index (χ1n) is 10.1. The van der Waals surface area contributed by atoms with Crippen molar-refractivity contribution in [3.05, 3.63) is 76.6 Å². The summed E-state index contributed by atoms with van der Waals surface area (Å²) in [6, 6.07) is 16.3. The number of amides is 1. The van der Waals surface area contributed by atoms with Gasteiger partial charge < -0.3 is 0 Å². The Hall–Kier alpha value is -2.99. The maximum atomic E-state index is 13.7. The first-order chi connectivity index (χ1) is 14.3. The molecule has 0 aliphatic rings. The Labute approximate surface area is 181 Å². The summed E-state index contributed by atoms with van der Waals surface area (Å²) in [6.45, 7) is 10.6. The van der Waals surface area contributed by atoms with Crippen LogP contribution in [0.3, 0.4) is 0 Å². The van der Waals surface area contributed by atoms with Crippen LogP contribution in [0.15, 0.2) is 48.5 Å². The summed E-state index contributed by atoms with van der Waals surface area (Å²) in [5, 5.41) is 5.24. The lowest BCUT2D eigenvalue weighted by atomic mass is 10.1. The van der Waals surface area contributed by atoms with Crippen LogP contribution in [-0.4, -0.2) is 20.7 Å². The maximum Gasteiger partial charge on any atom is 0.278 e. The Bertz CT molecular complexity index is 1210. The van der Waals surface area contributed by atoms with Crippen molar-refractivity contribution in [3.63, 3.8) is 0 Å². The minimum Gasteiger partial charge on any atom is -0.278 e. The van der Waals surface area contributed by atoms with Gasteiger partial charge in [0.05, 0.1) is 22.5 Å². The van der Waals surface area contributed by atoms with Crippen LogP contribution in [0, 0.1) is 20.8 Å². The molecule has 2 aromatic heterocycles. The number of benzene rings is 2. The van der Waals surface area contributed by atoms with Crippen molar-refractivity contribution in [3.8, 4) is 0 Å². The van der Waals surface area contributed by atoms with E-state index in [1.54, 1.807) is 20.9 Å². The number of aryl methyl sites for hydroxylation is 3. The molecule has 4 aromatic rings. The first kappa shape index (κ1) is 20.3. The molecule has 0 atom stereocenters. The molecule has 0 saturated heterocycles. The molecule has 154 valence electrons. The monoisotopic (exact) mass is 418 g/mol. The maximum absolute atomic E-state index is 13.7. The number of hydrogen-bond acceptors (Lipinski definition) is 4. The van der Waals surface area contributed by atoms with Crippen LogP contribution in [0.4, 0.5) is 5.13 Å². The van der Waals surface area contributed by atoms with Gasteiger partial charge >= 0.3 is 0 Å². The standard InChI is InChI=1S/C24H26N4OS/c1-15(2)28-20(13-18(5)26-28)23(29)27(14-19-9-7-6-8-10-19)24-25-22-17(4)11-16(3)12-21(22)30-24/h6-13,15H,14H2,1-5H3. The summed E-state index contributed by atoms with van der Waals surface area (Å²) < 4.78 is 2.90. The van der Waals surface area contributed by atoms with Crippen LogP contribution in [0.5, 0.6) is 0 Å². The van der Waals surface area contributed by atoms with Gasteiger partial charge in [0.15, 0.2) is 5.13 Å². The molecule has 0 N–H and O–H groups in total. The van der Waals surface area contributed by atoms with E-state index in [0.717, 1.165) is 27.0 Å². The van der Waals surface area contributed by atoms with Gasteiger partial charge in [-0.3, -0.25) is 14.4 Å². The summed E-state index contributed by atoms with van der Waals surface area (Å²) in [6.07, 6.45) is 0. The lowest BCUT2D eigenvalue weighted by Gasteiger charge is -2.21. The highest BCUT2D eigenvalue weighted by Gasteiger charge is 2.26. The van der Waals surface area contributed by atoms with E-state index >= 15 is 0 Å². The molecular weight excluding hydrogens is 392 g/mol. The molecule has 1 amide bonds. The molecule has 0 bridgehead atoms. The lowest BCUT2D eigenvalue weighted by molar-refractivity contribution is 0.0973. The zero-order valence-electron chi connectivity index (χ0n) is 18.0. The summed E-state index contributed by atoms with van der Waals surface area (Å²) in [5.74, 6) is -0.0819. The van der Waals surface area contributed by atoms with Gasteiger partial charge in [-0.05, 0) is 63.4 Å². The number of fused-ring (bicyclic) bond motifs is 1. The van der Waals surface area contributed by atoms with E-state index in [-0.39, 0.29) is 11.9 Å². The molecule has 0 aliphatic heterocycles. The van der Waals surface area contributed by atoms with Gasteiger partial charge in [-0.15, -0.1) is 0 Å². The molecule has 4 rings (SSSR count). The molecule has 0 spiro atoms. The van der Waals surface area contributed by atoms with Crippen LogP contribution in [0.1, 0.15) is 52.8 Å². The average Bonchev–Trinajstić information content (AvgIpc) is 3.30. The van der Waals surface area contributed by atoms with Gasteiger partial charge in [-0.25, -0.2) is 4.98 Å². The fourth-order valence-corrected chi connectivity index (χ4v) is 4.81. The normalized spacial score (nSPS) is 11.4. The molecule has 0 aliphatic carbocycles.